The van der Waals surface area contributed by atoms with E-state index in [1.807, 2.05) is 36.0 Å². The summed E-state index contributed by atoms with van der Waals surface area (Å²) in [6.45, 7) is 0. The van der Waals surface area contributed by atoms with Crippen molar-refractivity contribution in [2.75, 3.05) is 5.32 Å². The van der Waals surface area contributed by atoms with Crippen molar-refractivity contribution in [3.05, 3.63) is 39.2 Å². The van der Waals surface area contributed by atoms with Crippen LogP contribution in [0.15, 0.2) is 30.6 Å². The summed E-state index contributed by atoms with van der Waals surface area (Å²) in [5.74, 6) is 0.815. The van der Waals surface area contributed by atoms with E-state index in [4.69, 9.17) is 11.6 Å². The highest BCUT2D eigenvalue weighted by Gasteiger charge is 2.03. The third kappa shape index (κ3) is 2.43. The normalized spacial score (nSPS) is 10.3. The molecule has 0 amide bonds. The molecule has 78 valence electrons. The van der Waals surface area contributed by atoms with Gasteiger partial charge in [0, 0.05) is 28.0 Å². The summed E-state index contributed by atoms with van der Waals surface area (Å²) in [5, 5.41) is 3.97. The van der Waals surface area contributed by atoms with E-state index < -0.39 is 0 Å². The third-order valence-corrected chi connectivity index (χ3v) is 3.13. The van der Waals surface area contributed by atoms with Crippen LogP contribution < -0.4 is 5.32 Å². The minimum Gasteiger partial charge on any atom is -0.325 e. The Kier molecular flexibility index (Phi) is 3.16. The van der Waals surface area contributed by atoms with Crippen LogP contribution in [0.5, 0.6) is 0 Å². The van der Waals surface area contributed by atoms with Gasteiger partial charge in [0.2, 0.25) is 5.95 Å². The number of anilines is 2. The molecule has 0 aliphatic heterocycles. The van der Waals surface area contributed by atoms with Gasteiger partial charge in [-0.15, -0.1) is 0 Å². The number of imidazole rings is 1. The SMILES string of the molecule is Cn1ccnc1Nc1ccc(Cl)cc1I. The summed E-state index contributed by atoms with van der Waals surface area (Å²) in [6, 6.07) is 5.71. The second-order valence-electron chi connectivity index (χ2n) is 3.11. The number of benzene rings is 1. The molecule has 5 heteroatoms. The van der Waals surface area contributed by atoms with Crippen molar-refractivity contribution >= 4 is 45.8 Å². The molecule has 0 aliphatic carbocycles. The number of rotatable bonds is 2. The van der Waals surface area contributed by atoms with Crippen LogP contribution in [-0.2, 0) is 7.05 Å². The first kappa shape index (κ1) is 10.8. The predicted molar refractivity (Wildman–Crippen MR) is 70.7 cm³/mol. The molecule has 2 aromatic rings. The van der Waals surface area contributed by atoms with Gasteiger partial charge in [-0.2, -0.15) is 0 Å². The number of hydrogen-bond donors (Lipinski definition) is 1. The molecule has 1 N–H and O–H groups in total. The van der Waals surface area contributed by atoms with Crippen molar-refractivity contribution in [2.45, 2.75) is 0 Å². The molecule has 0 fully saturated rings. The summed E-state index contributed by atoms with van der Waals surface area (Å²) in [7, 11) is 1.94. The maximum absolute atomic E-state index is 5.88. The summed E-state index contributed by atoms with van der Waals surface area (Å²) >= 11 is 8.12. The molecule has 1 aromatic heterocycles. The summed E-state index contributed by atoms with van der Waals surface area (Å²) in [4.78, 5) is 4.19. The van der Waals surface area contributed by atoms with Gasteiger partial charge in [-0.25, -0.2) is 4.98 Å². The van der Waals surface area contributed by atoms with Crippen LogP contribution in [0, 0.1) is 3.57 Å². The van der Waals surface area contributed by atoms with E-state index in [1.165, 1.54) is 0 Å². The van der Waals surface area contributed by atoms with Crippen molar-refractivity contribution in [1.82, 2.24) is 9.55 Å². The number of aromatic nitrogens is 2. The highest BCUT2D eigenvalue weighted by molar-refractivity contribution is 14.1. The van der Waals surface area contributed by atoms with Crippen LogP contribution in [0.2, 0.25) is 5.02 Å². The zero-order valence-corrected chi connectivity index (χ0v) is 11.0. The van der Waals surface area contributed by atoms with Crippen molar-refractivity contribution in [3.63, 3.8) is 0 Å². The lowest BCUT2D eigenvalue weighted by Crippen LogP contribution is -1.99. The van der Waals surface area contributed by atoms with E-state index in [-0.39, 0.29) is 0 Å². The molecule has 0 bridgehead atoms. The Labute approximate surface area is 107 Å². The van der Waals surface area contributed by atoms with E-state index in [0.717, 1.165) is 20.2 Å². The molecular formula is C10H9ClIN3. The van der Waals surface area contributed by atoms with Crippen LogP contribution >= 0.6 is 34.2 Å². The summed E-state index contributed by atoms with van der Waals surface area (Å²) in [6.07, 6.45) is 3.65. The van der Waals surface area contributed by atoms with Crippen LogP contribution in [0.25, 0.3) is 0 Å². The Morgan fingerprint density at radius 1 is 1.47 bits per heavy atom. The lowest BCUT2D eigenvalue weighted by atomic mass is 10.3. The average molecular weight is 334 g/mol. The van der Waals surface area contributed by atoms with Gasteiger partial charge in [0.05, 0.1) is 5.69 Å². The fourth-order valence-electron chi connectivity index (χ4n) is 1.20. The number of nitrogens with zero attached hydrogens (tertiary/aromatic N) is 2. The molecule has 0 unspecified atom stereocenters. The first-order valence-corrected chi connectivity index (χ1v) is 5.82. The Morgan fingerprint density at radius 3 is 2.87 bits per heavy atom. The van der Waals surface area contributed by atoms with Gasteiger partial charge in [0.15, 0.2) is 0 Å². The number of aryl methyl sites for hydroxylation is 1. The highest BCUT2D eigenvalue weighted by atomic mass is 127. The predicted octanol–water partition coefficient (Wildman–Crippen LogP) is 3.42. The van der Waals surface area contributed by atoms with E-state index in [0.29, 0.717) is 0 Å². The Balaban J connectivity index is 2.29. The second kappa shape index (κ2) is 4.40. The molecule has 0 saturated carbocycles. The second-order valence-corrected chi connectivity index (χ2v) is 4.71. The Morgan fingerprint density at radius 2 is 2.27 bits per heavy atom. The average Bonchev–Trinajstić information content (AvgIpc) is 2.57. The van der Waals surface area contributed by atoms with E-state index in [9.17, 15) is 0 Å². The monoisotopic (exact) mass is 333 g/mol. The van der Waals surface area contributed by atoms with Crippen molar-refractivity contribution in [1.29, 1.82) is 0 Å². The standard InChI is InChI=1S/C10H9ClIN3/c1-15-5-4-13-10(15)14-9-3-2-7(11)6-8(9)12/h2-6H,1H3,(H,13,14). The lowest BCUT2D eigenvalue weighted by Gasteiger charge is -2.08. The van der Waals surface area contributed by atoms with Crippen molar-refractivity contribution in [2.24, 2.45) is 7.05 Å². The minimum atomic E-state index is 0.741. The van der Waals surface area contributed by atoms with Gasteiger partial charge in [-0.05, 0) is 40.8 Å². The molecule has 0 atom stereocenters. The van der Waals surface area contributed by atoms with Crippen molar-refractivity contribution in [3.8, 4) is 0 Å². The number of hydrogen-bond acceptors (Lipinski definition) is 2. The van der Waals surface area contributed by atoms with Crippen molar-refractivity contribution < 1.29 is 0 Å². The van der Waals surface area contributed by atoms with Gasteiger partial charge >= 0.3 is 0 Å². The molecule has 0 aliphatic rings. The summed E-state index contributed by atoms with van der Waals surface area (Å²) in [5.41, 5.74) is 1.01. The van der Waals surface area contributed by atoms with E-state index in [2.05, 4.69) is 32.9 Å². The molecule has 2 rings (SSSR count). The van der Waals surface area contributed by atoms with Crippen LogP contribution in [0.3, 0.4) is 0 Å². The van der Waals surface area contributed by atoms with E-state index in [1.54, 1.807) is 6.20 Å². The molecule has 1 heterocycles. The molecule has 3 nitrogen and oxygen atoms in total. The highest BCUT2D eigenvalue weighted by Crippen LogP contribution is 2.24. The zero-order valence-electron chi connectivity index (χ0n) is 8.04. The van der Waals surface area contributed by atoms with Crippen LogP contribution in [0.4, 0.5) is 11.6 Å². The van der Waals surface area contributed by atoms with Gasteiger partial charge in [0.25, 0.3) is 0 Å². The van der Waals surface area contributed by atoms with Gasteiger partial charge in [-0.3, -0.25) is 0 Å². The number of halogens is 2. The molecule has 1 aromatic carbocycles. The molecular weight excluding hydrogens is 324 g/mol. The fourth-order valence-corrected chi connectivity index (χ4v) is 2.20. The fraction of sp³-hybridized carbons (Fsp3) is 0.100. The van der Waals surface area contributed by atoms with E-state index >= 15 is 0 Å². The van der Waals surface area contributed by atoms with Crippen LogP contribution in [0.1, 0.15) is 0 Å². The maximum atomic E-state index is 5.88. The van der Waals surface area contributed by atoms with Gasteiger partial charge in [-0.1, -0.05) is 11.6 Å². The minimum absolute atomic E-state index is 0.741. The van der Waals surface area contributed by atoms with Crippen LogP contribution in [-0.4, -0.2) is 9.55 Å². The Hall–Kier alpha value is -0.750. The molecule has 0 radical (unpaired) electrons. The zero-order chi connectivity index (χ0) is 10.8. The topological polar surface area (TPSA) is 29.9 Å². The third-order valence-electron chi connectivity index (χ3n) is 2.00. The van der Waals surface area contributed by atoms with Gasteiger partial charge < -0.3 is 9.88 Å². The molecule has 0 spiro atoms. The molecule has 0 saturated heterocycles. The van der Waals surface area contributed by atoms with Gasteiger partial charge in [0.1, 0.15) is 0 Å². The first-order valence-electron chi connectivity index (χ1n) is 4.36. The summed E-state index contributed by atoms with van der Waals surface area (Å²) < 4.78 is 2.99. The maximum Gasteiger partial charge on any atom is 0.207 e. The molecule has 15 heavy (non-hydrogen) atoms. The quantitative estimate of drug-likeness (QED) is 0.854. The Bertz CT molecular complexity index is 481. The smallest absolute Gasteiger partial charge is 0.207 e. The first-order chi connectivity index (χ1) is 7.16. The largest absolute Gasteiger partial charge is 0.325 e. The lowest BCUT2D eigenvalue weighted by molar-refractivity contribution is 0.924. The number of nitrogens with one attached hydrogen (secondary N) is 1.